The number of benzene rings is 1. The zero-order valence-corrected chi connectivity index (χ0v) is 9.97. The number of carbonyl (C=O) groups is 1. The van der Waals surface area contributed by atoms with E-state index >= 15 is 0 Å². The summed E-state index contributed by atoms with van der Waals surface area (Å²) in [7, 11) is 1.37. The predicted octanol–water partition coefficient (Wildman–Crippen LogP) is 2.57. The van der Waals surface area contributed by atoms with Crippen molar-refractivity contribution in [3.8, 4) is 0 Å². The largest absolute Gasteiger partial charge is 0.467 e. The van der Waals surface area contributed by atoms with Crippen LogP contribution in [0.25, 0.3) is 0 Å². The molecule has 1 aromatic carbocycles. The molecule has 3 nitrogen and oxygen atoms in total. The summed E-state index contributed by atoms with van der Waals surface area (Å²) in [5, 5.41) is 0. The monoisotopic (exact) mass is 222 g/mol. The number of hydrogen-bond acceptors (Lipinski definition) is 3. The molecule has 1 rings (SSSR count). The van der Waals surface area contributed by atoms with E-state index in [9.17, 15) is 4.79 Å². The van der Waals surface area contributed by atoms with Crippen LogP contribution in [0.1, 0.15) is 25.5 Å². The number of ether oxygens (including phenoxy) is 2. The Bertz CT molecular complexity index is 319. The minimum absolute atomic E-state index is 0.355. The molecule has 0 saturated carbocycles. The molecule has 0 aliphatic carbocycles. The Balaban J connectivity index is 2.76. The molecule has 1 atom stereocenters. The van der Waals surface area contributed by atoms with Gasteiger partial charge in [0.25, 0.3) is 0 Å². The molecular formula is C13H18O3. The number of rotatable bonds is 5. The fourth-order valence-corrected chi connectivity index (χ4v) is 1.32. The maximum Gasteiger partial charge on any atom is 0.339 e. The molecule has 88 valence electrons. The summed E-state index contributed by atoms with van der Waals surface area (Å²) >= 11 is 0. The fourth-order valence-electron chi connectivity index (χ4n) is 1.32. The van der Waals surface area contributed by atoms with Crippen molar-refractivity contribution in [2.45, 2.75) is 20.0 Å². The maximum absolute atomic E-state index is 11.6. The Morgan fingerprint density at radius 2 is 1.88 bits per heavy atom. The average Bonchev–Trinajstić information content (AvgIpc) is 2.30. The summed E-state index contributed by atoms with van der Waals surface area (Å²) < 4.78 is 10.3. The molecule has 1 unspecified atom stereocenters. The lowest BCUT2D eigenvalue weighted by Crippen LogP contribution is -2.19. The molecule has 0 heterocycles. The average molecular weight is 222 g/mol. The van der Waals surface area contributed by atoms with Crippen molar-refractivity contribution in [2.75, 3.05) is 13.7 Å². The third-order valence-corrected chi connectivity index (χ3v) is 2.11. The summed E-state index contributed by atoms with van der Waals surface area (Å²) in [6.45, 7) is 4.62. The van der Waals surface area contributed by atoms with Gasteiger partial charge in [0, 0.05) is 0 Å². The molecule has 0 amide bonds. The minimum Gasteiger partial charge on any atom is -0.467 e. The molecule has 0 bridgehead atoms. The number of hydrogen-bond donors (Lipinski definition) is 0. The van der Waals surface area contributed by atoms with Crippen molar-refractivity contribution in [3.05, 3.63) is 35.9 Å². The molecule has 3 heteroatoms. The second-order valence-electron chi connectivity index (χ2n) is 4.04. The summed E-state index contributed by atoms with van der Waals surface area (Å²) in [4.78, 5) is 11.6. The first-order chi connectivity index (χ1) is 7.65. The van der Waals surface area contributed by atoms with E-state index in [0.717, 1.165) is 5.56 Å². The van der Waals surface area contributed by atoms with E-state index in [1.54, 1.807) is 0 Å². The van der Waals surface area contributed by atoms with Gasteiger partial charge in [0.05, 0.1) is 13.7 Å². The molecular weight excluding hydrogens is 204 g/mol. The van der Waals surface area contributed by atoms with Gasteiger partial charge in [-0.05, 0) is 11.5 Å². The fraction of sp³-hybridized carbons (Fsp3) is 0.462. The quantitative estimate of drug-likeness (QED) is 0.718. The van der Waals surface area contributed by atoms with Crippen LogP contribution in [0.4, 0.5) is 0 Å². The highest BCUT2D eigenvalue weighted by Crippen LogP contribution is 2.19. The Kier molecular flexibility index (Phi) is 4.99. The van der Waals surface area contributed by atoms with E-state index in [2.05, 4.69) is 0 Å². The molecule has 0 aliphatic heterocycles. The highest BCUT2D eigenvalue weighted by Gasteiger charge is 2.21. The van der Waals surface area contributed by atoms with Crippen LogP contribution in [0.3, 0.4) is 0 Å². The third kappa shape index (κ3) is 3.66. The standard InChI is InChI=1S/C13H18O3/c1-10(2)9-16-12(13(14)15-3)11-7-5-4-6-8-11/h4-8,10,12H,9H2,1-3H3. The van der Waals surface area contributed by atoms with Crippen molar-refractivity contribution in [1.29, 1.82) is 0 Å². The smallest absolute Gasteiger partial charge is 0.339 e. The van der Waals surface area contributed by atoms with Crippen LogP contribution in [-0.4, -0.2) is 19.7 Å². The Morgan fingerprint density at radius 1 is 1.25 bits per heavy atom. The van der Waals surface area contributed by atoms with Gasteiger partial charge in [-0.2, -0.15) is 0 Å². The molecule has 16 heavy (non-hydrogen) atoms. The highest BCUT2D eigenvalue weighted by atomic mass is 16.6. The number of methoxy groups -OCH3 is 1. The van der Waals surface area contributed by atoms with E-state index in [0.29, 0.717) is 12.5 Å². The molecule has 0 radical (unpaired) electrons. The predicted molar refractivity (Wildman–Crippen MR) is 62.0 cm³/mol. The van der Waals surface area contributed by atoms with Crippen LogP contribution in [0, 0.1) is 5.92 Å². The van der Waals surface area contributed by atoms with E-state index in [-0.39, 0.29) is 5.97 Å². The van der Waals surface area contributed by atoms with E-state index in [1.807, 2.05) is 44.2 Å². The molecule has 0 fully saturated rings. The van der Waals surface area contributed by atoms with Crippen LogP contribution >= 0.6 is 0 Å². The van der Waals surface area contributed by atoms with Crippen molar-refractivity contribution < 1.29 is 14.3 Å². The van der Waals surface area contributed by atoms with Gasteiger partial charge < -0.3 is 9.47 Å². The van der Waals surface area contributed by atoms with Gasteiger partial charge in [-0.1, -0.05) is 44.2 Å². The zero-order chi connectivity index (χ0) is 12.0. The van der Waals surface area contributed by atoms with Gasteiger partial charge in [0.2, 0.25) is 0 Å². The summed E-state index contributed by atoms with van der Waals surface area (Å²) in [6.07, 6.45) is -0.617. The first-order valence-corrected chi connectivity index (χ1v) is 5.39. The molecule has 0 N–H and O–H groups in total. The SMILES string of the molecule is COC(=O)C(OCC(C)C)c1ccccc1. The Hall–Kier alpha value is -1.35. The molecule has 0 spiro atoms. The first kappa shape index (κ1) is 12.7. The van der Waals surface area contributed by atoms with Gasteiger partial charge in [-0.15, -0.1) is 0 Å². The lowest BCUT2D eigenvalue weighted by Gasteiger charge is -2.17. The third-order valence-electron chi connectivity index (χ3n) is 2.11. The van der Waals surface area contributed by atoms with Gasteiger partial charge in [0.1, 0.15) is 0 Å². The first-order valence-electron chi connectivity index (χ1n) is 5.39. The molecule has 0 saturated heterocycles. The van der Waals surface area contributed by atoms with Crippen molar-refractivity contribution in [3.63, 3.8) is 0 Å². The minimum atomic E-state index is -0.617. The maximum atomic E-state index is 11.6. The molecule has 1 aromatic rings. The summed E-state index contributed by atoms with van der Waals surface area (Å²) in [6, 6.07) is 9.39. The van der Waals surface area contributed by atoms with Crippen molar-refractivity contribution >= 4 is 5.97 Å². The van der Waals surface area contributed by atoms with Crippen LogP contribution in [0.5, 0.6) is 0 Å². The van der Waals surface area contributed by atoms with Gasteiger partial charge >= 0.3 is 5.97 Å². The topological polar surface area (TPSA) is 35.5 Å². The van der Waals surface area contributed by atoms with Gasteiger partial charge in [-0.3, -0.25) is 0 Å². The van der Waals surface area contributed by atoms with Crippen LogP contribution in [-0.2, 0) is 14.3 Å². The van der Waals surface area contributed by atoms with Crippen molar-refractivity contribution in [1.82, 2.24) is 0 Å². The summed E-state index contributed by atoms with van der Waals surface area (Å²) in [5.74, 6) is 0.0303. The zero-order valence-electron chi connectivity index (χ0n) is 9.97. The normalized spacial score (nSPS) is 12.5. The lowest BCUT2D eigenvalue weighted by molar-refractivity contribution is -0.155. The van der Waals surface area contributed by atoms with Crippen LogP contribution in [0.15, 0.2) is 30.3 Å². The Morgan fingerprint density at radius 3 is 2.38 bits per heavy atom. The van der Waals surface area contributed by atoms with Gasteiger partial charge in [0.15, 0.2) is 6.10 Å². The summed E-state index contributed by atoms with van der Waals surface area (Å²) in [5.41, 5.74) is 0.829. The highest BCUT2D eigenvalue weighted by molar-refractivity contribution is 5.76. The number of carbonyl (C=O) groups excluding carboxylic acids is 1. The van der Waals surface area contributed by atoms with E-state index in [1.165, 1.54) is 7.11 Å². The van der Waals surface area contributed by atoms with Gasteiger partial charge in [-0.25, -0.2) is 4.79 Å². The molecule has 0 aromatic heterocycles. The second kappa shape index (κ2) is 6.28. The number of esters is 1. The molecule has 0 aliphatic rings. The second-order valence-corrected chi connectivity index (χ2v) is 4.04. The van der Waals surface area contributed by atoms with E-state index < -0.39 is 6.10 Å². The lowest BCUT2D eigenvalue weighted by atomic mass is 10.1. The van der Waals surface area contributed by atoms with Crippen LogP contribution in [0.2, 0.25) is 0 Å². The Labute approximate surface area is 96.4 Å². The van der Waals surface area contributed by atoms with Crippen LogP contribution < -0.4 is 0 Å². The van der Waals surface area contributed by atoms with Crippen molar-refractivity contribution in [2.24, 2.45) is 5.92 Å². The van der Waals surface area contributed by atoms with E-state index in [4.69, 9.17) is 9.47 Å².